The summed E-state index contributed by atoms with van der Waals surface area (Å²) in [6.07, 6.45) is 1.84. The van der Waals surface area contributed by atoms with Gasteiger partial charge in [0.05, 0.1) is 34.0 Å². The van der Waals surface area contributed by atoms with Gasteiger partial charge in [-0.05, 0) is 24.3 Å². The minimum atomic E-state index is -1.58. The van der Waals surface area contributed by atoms with Crippen molar-refractivity contribution in [1.29, 1.82) is 0 Å². The number of fused-ring (bicyclic) bond motifs is 1. The van der Waals surface area contributed by atoms with Gasteiger partial charge in [-0.15, -0.1) is 11.3 Å². The molecule has 4 rings (SSSR count). The van der Waals surface area contributed by atoms with Crippen LogP contribution >= 0.6 is 11.3 Å². The second kappa shape index (κ2) is 7.89. The van der Waals surface area contributed by atoms with Crippen molar-refractivity contribution in [3.05, 3.63) is 58.9 Å². The average molecular weight is 406 g/mol. The molecule has 2 heterocycles. The predicted molar refractivity (Wildman–Crippen MR) is 102 cm³/mol. The van der Waals surface area contributed by atoms with E-state index in [1.165, 1.54) is 4.70 Å². The maximum Gasteiger partial charge on any atom is 0.279 e. The number of hydrogen-bond donors (Lipinski definition) is 2. The number of nitrogens with one attached hydrogen (secondary N) is 2. The van der Waals surface area contributed by atoms with Crippen molar-refractivity contribution >= 4 is 33.1 Å². The third-order valence-electron chi connectivity index (χ3n) is 5.07. The fourth-order valence-corrected chi connectivity index (χ4v) is 4.69. The summed E-state index contributed by atoms with van der Waals surface area (Å²) >= 11 is 1.72. The predicted octanol–water partition coefficient (Wildman–Crippen LogP) is 3.11. The van der Waals surface area contributed by atoms with Crippen molar-refractivity contribution in [3.8, 4) is 0 Å². The smallest absolute Gasteiger partial charge is 0.279 e. The summed E-state index contributed by atoms with van der Waals surface area (Å²) in [7, 11) is 0. The van der Waals surface area contributed by atoms with Gasteiger partial charge in [0, 0.05) is 18.8 Å². The third kappa shape index (κ3) is 3.88. The van der Waals surface area contributed by atoms with Gasteiger partial charge < -0.3 is 10.2 Å². The quantitative estimate of drug-likeness (QED) is 0.654. The van der Waals surface area contributed by atoms with Crippen LogP contribution in [0.5, 0.6) is 0 Å². The maximum atomic E-state index is 13.7. The van der Waals surface area contributed by atoms with Gasteiger partial charge in [-0.2, -0.15) is 0 Å². The Labute approximate surface area is 164 Å². The lowest BCUT2D eigenvalue weighted by atomic mass is 9.97. The Hall–Kier alpha value is -2.45. The molecule has 0 bridgehead atoms. The first kappa shape index (κ1) is 18.9. The Morgan fingerprint density at radius 2 is 1.86 bits per heavy atom. The number of carbonyl (C=O) groups is 1. The van der Waals surface area contributed by atoms with Crippen LogP contribution < -0.4 is 10.2 Å². The molecule has 0 aliphatic carbocycles. The van der Waals surface area contributed by atoms with E-state index >= 15 is 0 Å². The first-order valence-electron chi connectivity index (χ1n) is 9.13. The SMILES string of the molecule is O=C(C[NH+]1CCC(c2nc3ccccc3s2)CC1)Nc1ccc(F)c(F)c1F. The van der Waals surface area contributed by atoms with Crippen LogP contribution in [-0.4, -0.2) is 30.5 Å². The zero-order valence-corrected chi connectivity index (χ0v) is 15.8. The molecule has 1 aliphatic rings. The highest BCUT2D eigenvalue weighted by Gasteiger charge is 2.27. The first-order chi connectivity index (χ1) is 13.5. The summed E-state index contributed by atoms with van der Waals surface area (Å²) in [6.45, 7) is 1.76. The van der Waals surface area contributed by atoms with Gasteiger partial charge in [-0.3, -0.25) is 4.79 Å². The number of benzene rings is 2. The van der Waals surface area contributed by atoms with Gasteiger partial charge in [-0.25, -0.2) is 18.2 Å². The van der Waals surface area contributed by atoms with Crippen LogP contribution in [0, 0.1) is 17.5 Å². The summed E-state index contributed by atoms with van der Waals surface area (Å²) in [5, 5.41) is 3.47. The lowest BCUT2D eigenvalue weighted by Crippen LogP contribution is -3.14. The van der Waals surface area contributed by atoms with Gasteiger partial charge in [0.15, 0.2) is 24.0 Å². The fraction of sp³-hybridized carbons (Fsp3) is 0.300. The van der Waals surface area contributed by atoms with E-state index in [9.17, 15) is 18.0 Å². The summed E-state index contributed by atoms with van der Waals surface area (Å²) < 4.78 is 41.1. The highest BCUT2D eigenvalue weighted by Crippen LogP contribution is 2.31. The van der Waals surface area contributed by atoms with Gasteiger partial charge in [-0.1, -0.05) is 12.1 Å². The maximum absolute atomic E-state index is 13.7. The van der Waals surface area contributed by atoms with Crippen LogP contribution in [0.4, 0.5) is 18.9 Å². The van der Waals surface area contributed by atoms with Crippen molar-refractivity contribution in [2.75, 3.05) is 25.0 Å². The van der Waals surface area contributed by atoms with Gasteiger partial charge in [0.2, 0.25) is 0 Å². The van der Waals surface area contributed by atoms with Crippen LogP contribution in [-0.2, 0) is 4.79 Å². The number of halogens is 3. The second-order valence-electron chi connectivity index (χ2n) is 6.99. The average Bonchev–Trinajstić information content (AvgIpc) is 3.13. The molecule has 4 nitrogen and oxygen atoms in total. The fourth-order valence-electron chi connectivity index (χ4n) is 3.56. The molecule has 1 aromatic heterocycles. The Bertz CT molecular complexity index is 982. The number of nitrogens with zero attached hydrogens (tertiary/aromatic N) is 1. The van der Waals surface area contributed by atoms with Crippen molar-refractivity contribution in [3.63, 3.8) is 0 Å². The van der Waals surface area contributed by atoms with Crippen LogP contribution in [0.1, 0.15) is 23.8 Å². The number of amides is 1. The molecule has 1 saturated heterocycles. The number of aromatic nitrogens is 1. The third-order valence-corrected chi connectivity index (χ3v) is 6.27. The van der Waals surface area contributed by atoms with Crippen LogP contribution in [0.25, 0.3) is 10.2 Å². The van der Waals surface area contributed by atoms with Crippen LogP contribution in [0.15, 0.2) is 36.4 Å². The van der Waals surface area contributed by atoms with Gasteiger partial charge in [0.1, 0.15) is 0 Å². The van der Waals surface area contributed by atoms with Crippen molar-refractivity contribution in [2.24, 2.45) is 0 Å². The number of carbonyl (C=O) groups excluding carboxylic acids is 1. The topological polar surface area (TPSA) is 46.4 Å². The minimum absolute atomic E-state index is 0.158. The number of hydrogen-bond acceptors (Lipinski definition) is 3. The molecule has 0 radical (unpaired) electrons. The lowest BCUT2D eigenvalue weighted by Gasteiger charge is -2.27. The zero-order chi connectivity index (χ0) is 19.7. The van der Waals surface area contributed by atoms with E-state index in [0.717, 1.165) is 53.5 Å². The van der Waals surface area contributed by atoms with E-state index < -0.39 is 23.4 Å². The number of anilines is 1. The molecular formula is C20H19F3N3OS+. The molecule has 0 saturated carbocycles. The Morgan fingerprint density at radius 3 is 2.61 bits per heavy atom. The van der Waals surface area contributed by atoms with E-state index in [1.807, 2.05) is 18.2 Å². The molecule has 1 fully saturated rings. The molecule has 146 valence electrons. The first-order valence-corrected chi connectivity index (χ1v) is 9.95. The largest absolute Gasteiger partial charge is 0.327 e. The van der Waals surface area contributed by atoms with Gasteiger partial charge in [0.25, 0.3) is 5.91 Å². The molecule has 1 amide bonds. The highest BCUT2D eigenvalue weighted by molar-refractivity contribution is 7.18. The lowest BCUT2D eigenvalue weighted by molar-refractivity contribution is -0.897. The Balaban J connectivity index is 1.33. The molecule has 1 aliphatic heterocycles. The normalized spacial score (nSPS) is 19.7. The molecule has 3 aromatic rings. The summed E-state index contributed by atoms with van der Waals surface area (Å²) in [5.41, 5.74) is 0.679. The highest BCUT2D eigenvalue weighted by atomic mass is 32.1. The zero-order valence-electron chi connectivity index (χ0n) is 15.0. The van der Waals surface area contributed by atoms with Crippen molar-refractivity contribution in [2.45, 2.75) is 18.8 Å². The molecule has 28 heavy (non-hydrogen) atoms. The molecule has 8 heteroatoms. The Morgan fingerprint density at radius 1 is 1.11 bits per heavy atom. The number of quaternary nitrogens is 1. The summed E-state index contributed by atoms with van der Waals surface area (Å²) in [4.78, 5) is 18.0. The van der Waals surface area contributed by atoms with Crippen molar-refractivity contribution < 1.29 is 22.9 Å². The van der Waals surface area contributed by atoms with Crippen LogP contribution in [0.2, 0.25) is 0 Å². The number of piperidine rings is 1. The van der Waals surface area contributed by atoms with E-state index in [2.05, 4.69) is 11.4 Å². The van der Waals surface area contributed by atoms with Crippen molar-refractivity contribution in [1.82, 2.24) is 4.98 Å². The number of rotatable bonds is 4. The Kier molecular flexibility index (Phi) is 5.32. The standard InChI is InChI=1S/C20H18F3N3OS/c21-13-5-6-15(19(23)18(13)22)24-17(27)11-26-9-7-12(8-10-26)20-25-14-3-1-2-4-16(14)28-20/h1-6,12H,7-11H2,(H,24,27)/p+1. The van der Waals surface area contributed by atoms with E-state index in [1.54, 1.807) is 11.3 Å². The molecule has 0 atom stereocenters. The second-order valence-corrected chi connectivity index (χ2v) is 8.05. The van der Waals surface area contributed by atoms with Gasteiger partial charge >= 0.3 is 0 Å². The minimum Gasteiger partial charge on any atom is -0.327 e. The molecule has 0 unspecified atom stereocenters. The van der Waals surface area contributed by atoms with E-state index in [0.29, 0.717) is 5.92 Å². The number of likely N-dealkylation sites (tertiary alicyclic amines) is 1. The van der Waals surface area contributed by atoms with E-state index in [4.69, 9.17) is 4.98 Å². The monoisotopic (exact) mass is 406 g/mol. The summed E-state index contributed by atoms with van der Waals surface area (Å²) in [6, 6.07) is 9.89. The number of thiazole rings is 1. The molecule has 2 N–H and O–H groups in total. The molecule has 0 spiro atoms. The molecular weight excluding hydrogens is 387 g/mol. The number of para-hydroxylation sites is 1. The summed E-state index contributed by atoms with van der Waals surface area (Å²) in [5.74, 6) is -4.27. The molecule has 2 aromatic carbocycles. The van der Waals surface area contributed by atoms with Crippen LogP contribution in [0.3, 0.4) is 0 Å². The van der Waals surface area contributed by atoms with E-state index in [-0.39, 0.29) is 12.2 Å².